The Bertz CT molecular complexity index is 490. The van der Waals surface area contributed by atoms with Crippen molar-refractivity contribution in [2.45, 2.75) is 25.8 Å². The zero-order valence-electron chi connectivity index (χ0n) is 12.1. The van der Waals surface area contributed by atoms with Crippen LogP contribution in [-0.4, -0.2) is 48.4 Å². The van der Waals surface area contributed by atoms with Crippen molar-refractivity contribution in [3.05, 3.63) is 22.8 Å². The summed E-state index contributed by atoms with van der Waals surface area (Å²) in [6.07, 6.45) is 3.79. The summed E-state index contributed by atoms with van der Waals surface area (Å²) in [5, 5.41) is 8.08. The maximum Gasteiger partial charge on any atom is 0.148 e. The second-order valence-corrected chi connectivity index (χ2v) is 5.66. The van der Waals surface area contributed by atoms with Crippen molar-refractivity contribution in [3.63, 3.8) is 0 Å². The van der Waals surface area contributed by atoms with Crippen molar-refractivity contribution in [3.8, 4) is 0 Å². The van der Waals surface area contributed by atoms with E-state index in [2.05, 4.69) is 28.8 Å². The molecule has 1 aromatic heterocycles. The number of halogens is 1. The summed E-state index contributed by atoms with van der Waals surface area (Å²) < 4.78 is 0. The first-order valence-corrected chi connectivity index (χ1v) is 7.36. The van der Waals surface area contributed by atoms with Crippen LogP contribution < -0.4 is 10.6 Å². The average molecular weight is 296 g/mol. The zero-order chi connectivity index (χ0) is 14.7. The number of nitrogen functional groups attached to an aromatic ring is 1. The number of aromatic nitrogens is 1. The molecule has 0 amide bonds. The van der Waals surface area contributed by atoms with E-state index >= 15 is 0 Å². The number of likely N-dealkylation sites (N-methyl/N-ethyl adjacent to an activating group) is 1. The highest BCUT2D eigenvalue weighted by Gasteiger charge is 2.25. The Labute approximate surface area is 125 Å². The van der Waals surface area contributed by atoms with Gasteiger partial charge in [0.25, 0.3) is 0 Å². The number of rotatable bonds is 3. The normalized spacial score (nSPS) is 20.8. The largest absolute Gasteiger partial charge is 0.384 e. The molecular weight excluding hydrogens is 274 g/mol. The van der Waals surface area contributed by atoms with Gasteiger partial charge in [-0.25, -0.2) is 4.98 Å². The first kappa shape index (κ1) is 15.1. The van der Waals surface area contributed by atoms with Gasteiger partial charge in [-0.1, -0.05) is 18.5 Å². The smallest absolute Gasteiger partial charge is 0.148 e. The van der Waals surface area contributed by atoms with Crippen LogP contribution in [0.2, 0.25) is 5.02 Å². The molecule has 0 aliphatic carbocycles. The van der Waals surface area contributed by atoms with Gasteiger partial charge in [-0.05, 0) is 32.5 Å². The third-order valence-corrected chi connectivity index (χ3v) is 4.18. The molecule has 0 radical (unpaired) electrons. The molecule has 2 rings (SSSR count). The molecule has 110 valence electrons. The summed E-state index contributed by atoms with van der Waals surface area (Å²) >= 11 is 6.41. The molecule has 6 heteroatoms. The predicted octanol–water partition coefficient (Wildman–Crippen LogP) is 1.94. The van der Waals surface area contributed by atoms with Gasteiger partial charge < -0.3 is 15.5 Å². The third-order valence-electron chi connectivity index (χ3n) is 3.81. The SMILES string of the molecule is CCC1CN(C)CCCN1c1nccc(C(=N)N)c1Cl. The van der Waals surface area contributed by atoms with Crippen LogP contribution in [0.5, 0.6) is 0 Å². The lowest BCUT2D eigenvalue weighted by atomic mass is 10.1. The fourth-order valence-corrected chi connectivity index (χ4v) is 3.03. The van der Waals surface area contributed by atoms with Crippen LogP contribution in [0, 0.1) is 5.41 Å². The van der Waals surface area contributed by atoms with Crippen molar-refractivity contribution in [1.29, 1.82) is 5.41 Å². The van der Waals surface area contributed by atoms with Crippen molar-refractivity contribution >= 4 is 23.3 Å². The summed E-state index contributed by atoms with van der Waals surface area (Å²) in [5.41, 5.74) is 6.14. The van der Waals surface area contributed by atoms with Gasteiger partial charge in [0, 0.05) is 30.9 Å². The second kappa shape index (κ2) is 6.41. The maximum atomic E-state index is 7.60. The fourth-order valence-electron chi connectivity index (χ4n) is 2.71. The summed E-state index contributed by atoms with van der Waals surface area (Å²) in [6, 6.07) is 2.08. The monoisotopic (exact) mass is 295 g/mol. The van der Waals surface area contributed by atoms with Gasteiger partial charge in [-0.3, -0.25) is 5.41 Å². The molecule has 1 saturated heterocycles. The first-order valence-electron chi connectivity index (χ1n) is 6.98. The zero-order valence-corrected chi connectivity index (χ0v) is 12.8. The minimum Gasteiger partial charge on any atom is -0.384 e. The number of nitrogens with one attached hydrogen (secondary N) is 1. The topological polar surface area (TPSA) is 69.2 Å². The molecule has 1 aliphatic rings. The standard InChI is InChI=1S/C14H22ClN5/c1-3-10-9-19(2)7-4-8-20(10)14-12(15)11(13(16)17)5-6-18-14/h5-6,10H,3-4,7-9H2,1-2H3,(H3,16,17). The highest BCUT2D eigenvalue weighted by atomic mass is 35.5. The molecule has 0 spiro atoms. The van der Waals surface area contributed by atoms with E-state index in [0.717, 1.165) is 38.3 Å². The highest BCUT2D eigenvalue weighted by molar-refractivity contribution is 6.36. The Morgan fingerprint density at radius 1 is 1.55 bits per heavy atom. The summed E-state index contributed by atoms with van der Waals surface area (Å²) in [5.74, 6) is 0.736. The van der Waals surface area contributed by atoms with Gasteiger partial charge in [0.2, 0.25) is 0 Å². The lowest BCUT2D eigenvalue weighted by Crippen LogP contribution is -2.40. The lowest BCUT2D eigenvalue weighted by molar-refractivity contribution is 0.327. The molecule has 1 aliphatic heterocycles. The van der Waals surface area contributed by atoms with Crippen molar-refractivity contribution in [2.75, 3.05) is 31.6 Å². The number of nitrogens with two attached hydrogens (primary N) is 1. The quantitative estimate of drug-likeness (QED) is 0.660. The fraction of sp³-hybridized carbons (Fsp3) is 0.571. The van der Waals surface area contributed by atoms with Gasteiger partial charge in [0.15, 0.2) is 0 Å². The van der Waals surface area contributed by atoms with Gasteiger partial charge in [-0.2, -0.15) is 0 Å². The Morgan fingerprint density at radius 3 is 2.95 bits per heavy atom. The minimum absolute atomic E-state index is 0.0151. The van der Waals surface area contributed by atoms with E-state index in [4.69, 9.17) is 22.7 Å². The van der Waals surface area contributed by atoms with E-state index in [9.17, 15) is 0 Å². The summed E-state index contributed by atoms with van der Waals surface area (Å²) in [7, 11) is 2.15. The number of pyridine rings is 1. The summed E-state index contributed by atoms with van der Waals surface area (Å²) in [6.45, 7) is 5.19. The Balaban J connectivity index is 2.38. The van der Waals surface area contributed by atoms with E-state index < -0.39 is 0 Å². The molecule has 5 nitrogen and oxygen atoms in total. The molecule has 3 N–H and O–H groups in total. The Kier molecular flexibility index (Phi) is 4.83. The molecule has 0 saturated carbocycles. The molecular formula is C14H22ClN5. The molecule has 1 atom stereocenters. The van der Waals surface area contributed by atoms with E-state index in [-0.39, 0.29) is 5.84 Å². The number of hydrogen-bond donors (Lipinski definition) is 2. The number of anilines is 1. The van der Waals surface area contributed by atoms with Gasteiger partial charge in [0.1, 0.15) is 11.7 Å². The molecule has 20 heavy (non-hydrogen) atoms. The van der Waals surface area contributed by atoms with E-state index in [0.29, 0.717) is 16.6 Å². The highest BCUT2D eigenvalue weighted by Crippen LogP contribution is 2.29. The Hall–Kier alpha value is -1.33. The minimum atomic E-state index is -0.0151. The molecule has 0 aromatic carbocycles. The number of hydrogen-bond acceptors (Lipinski definition) is 4. The van der Waals surface area contributed by atoms with Gasteiger partial charge >= 0.3 is 0 Å². The second-order valence-electron chi connectivity index (χ2n) is 5.28. The third kappa shape index (κ3) is 3.04. The molecule has 0 bridgehead atoms. The van der Waals surface area contributed by atoms with Crippen LogP contribution >= 0.6 is 11.6 Å². The van der Waals surface area contributed by atoms with E-state index in [1.807, 2.05) is 0 Å². The molecule has 1 aromatic rings. The van der Waals surface area contributed by atoms with Crippen LogP contribution in [-0.2, 0) is 0 Å². The van der Waals surface area contributed by atoms with Crippen LogP contribution in [0.25, 0.3) is 0 Å². The molecule has 1 fully saturated rings. The first-order chi connectivity index (χ1) is 9.54. The van der Waals surface area contributed by atoms with Gasteiger partial charge in [-0.15, -0.1) is 0 Å². The van der Waals surface area contributed by atoms with Crippen LogP contribution in [0.3, 0.4) is 0 Å². The Morgan fingerprint density at radius 2 is 2.30 bits per heavy atom. The number of nitrogens with zero attached hydrogens (tertiary/aromatic N) is 3. The van der Waals surface area contributed by atoms with Crippen LogP contribution in [0.1, 0.15) is 25.3 Å². The van der Waals surface area contributed by atoms with Crippen molar-refractivity contribution in [1.82, 2.24) is 9.88 Å². The maximum absolute atomic E-state index is 7.60. The van der Waals surface area contributed by atoms with Crippen LogP contribution in [0.15, 0.2) is 12.3 Å². The number of amidine groups is 1. The molecule has 1 unspecified atom stereocenters. The lowest BCUT2D eigenvalue weighted by Gasteiger charge is -2.32. The van der Waals surface area contributed by atoms with Crippen molar-refractivity contribution < 1.29 is 0 Å². The van der Waals surface area contributed by atoms with Gasteiger partial charge in [0.05, 0.1) is 5.02 Å². The van der Waals surface area contributed by atoms with Crippen LogP contribution in [0.4, 0.5) is 5.82 Å². The summed E-state index contributed by atoms with van der Waals surface area (Å²) in [4.78, 5) is 9.04. The van der Waals surface area contributed by atoms with E-state index in [1.165, 1.54) is 0 Å². The average Bonchev–Trinajstić information content (AvgIpc) is 2.60. The predicted molar refractivity (Wildman–Crippen MR) is 83.8 cm³/mol. The molecule has 2 heterocycles. The van der Waals surface area contributed by atoms with E-state index in [1.54, 1.807) is 12.3 Å². The van der Waals surface area contributed by atoms with Crippen molar-refractivity contribution in [2.24, 2.45) is 5.73 Å².